The maximum Gasteiger partial charge on any atom is 0.328 e. The highest BCUT2D eigenvalue weighted by Crippen LogP contribution is 2.26. The first-order valence-electron chi connectivity index (χ1n) is 8.47. The Labute approximate surface area is 155 Å². The number of benzene rings is 2. The molecule has 2 aromatic carbocycles. The number of rotatable bonds is 6. The Bertz CT molecular complexity index is 919. The van der Waals surface area contributed by atoms with E-state index >= 15 is 0 Å². The van der Waals surface area contributed by atoms with Crippen LogP contribution in [0.1, 0.15) is 42.8 Å². The van der Waals surface area contributed by atoms with Gasteiger partial charge in [-0.3, -0.25) is 4.79 Å². The van der Waals surface area contributed by atoms with Crippen LogP contribution in [-0.2, 0) is 11.4 Å². The number of amides is 1. The first kappa shape index (κ1) is 18.4. The van der Waals surface area contributed by atoms with Gasteiger partial charge in [-0.05, 0) is 42.7 Å². The van der Waals surface area contributed by atoms with Crippen molar-refractivity contribution in [1.82, 2.24) is 4.72 Å². The molecule has 0 bridgehead atoms. The zero-order chi connectivity index (χ0) is 18.7. The van der Waals surface area contributed by atoms with Crippen molar-refractivity contribution < 1.29 is 18.5 Å². The van der Waals surface area contributed by atoms with Gasteiger partial charge in [-0.25, -0.2) is 0 Å². The van der Waals surface area contributed by atoms with E-state index in [9.17, 15) is 9.35 Å². The number of fused-ring (bicyclic) bond motifs is 1. The zero-order valence-corrected chi connectivity index (χ0v) is 15.8. The molecule has 5 nitrogen and oxygen atoms in total. The van der Waals surface area contributed by atoms with E-state index in [0.29, 0.717) is 28.8 Å². The SMILES string of the molecule is CCOc1ccccc1[S+]([O-])NC(=O)c1cc2ccc(C(C)C)cc2o1. The third-order valence-corrected chi connectivity index (χ3v) is 5.08. The summed E-state index contributed by atoms with van der Waals surface area (Å²) in [5.74, 6) is 0.448. The first-order chi connectivity index (χ1) is 12.5. The summed E-state index contributed by atoms with van der Waals surface area (Å²) in [4.78, 5) is 12.9. The molecule has 1 aromatic heterocycles. The molecule has 1 amide bonds. The summed E-state index contributed by atoms with van der Waals surface area (Å²) in [6.07, 6.45) is 0. The minimum atomic E-state index is -1.74. The molecule has 3 aromatic rings. The van der Waals surface area contributed by atoms with Gasteiger partial charge in [-0.15, -0.1) is 0 Å². The summed E-state index contributed by atoms with van der Waals surface area (Å²) in [6.45, 7) is 6.48. The molecule has 0 aliphatic rings. The third-order valence-electron chi connectivity index (χ3n) is 3.97. The third kappa shape index (κ3) is 3.86. The van der Waals surface area contributed by atoms with Crippen molar-refractivity contribution in [1.29, 1.82) is 0 Å². The molecule has 1 unspecified atom stereocenters. The minimum absolute atomic E-state index is 0.128. The van der Waals surface area contributed by atoms with Gasteiger partial charge in [-0.1, -0.05) is 38.1 Å². The molecular formula is C20H21NO4S. The summed E-state index contributed by atoms with van der Waals surface area (Å²) < 4.78 is 26.1. The van der Waals surface area contributed by atoms with Gasteiger partial charge in [0.15, 0.2) is 11.5 Å². The minimum Gasteiger partial charge on any atom is -0.588 e. The van der Waals surface area contributed by atoms with Gasteiger partial charge in [0.1, 0.15) is 16.9 Å². The summed E-state index contributed by atoms with van der Waals surface area (Å²) in [6, 6.07) is 14.4. The summed E-state index contributed by atoms with van der Waals surface area (Å²) in [7, 11) is 0. The van der Waals surface area contributed by atoms with E-state index in [2.05, 4.69) is 18.6 Å². The molecule has 1 atom stereocenters. The molecule has 3 rings (SSSR count). The molecule has 1 N–H and O–H groups in total. The van der Waals surface area contributed by atoms with Crippen LogP contribution in [0.2, 0.25) is 0 Å². The molecule has 6 heteroatoms. The van der Waals surface area contributed by atoms with E-state index in [1.54, 1.807) is 30.3 Å². The number of nitrogens with one attached hydrogen (secondary N) is 1. The Hall–Kier alpha value is -2.44. The van der Waals surface area contributed by atoms with Gasteiger partial charge in [0.2, 0.25) is 4.90 Å². The topological polar surface area (TPSA) is 74.5 Å². The predicted octanol–water partition coefficient (Wildman–Crippen LogP) is 4.41. The van der Waals surface area contributed by atoms with Crippen LogP contribution < -0.4 is 9.46 Å². The van der Waals surface area contributed by atoms with Crippen LogP contribution in [0.15, 0.2) is 57.8 Å². The summed E-state index contributed by atoms with van der Waals surface area (Å²) >= 11 is -1.74. The molecule has 0 saturated heterocycles. The Morgan fingerprint density at radius 3 is 2.73 bits per heavy atom. The number of carbonyl (C=O) groups is 1. The standard InChI is InChI=1S/C20H21NO4S/c1-4-24-16-7-5-6-8-19(16)26(23)21-20(22)18-12-15-10-9-14(13(2)3)11-17(15)25-18/h5-13H,4H2,1-3H3,(H,21,22). The maximum atomic E-state index is 12.5. The highest BCUT2D eigenvalue weighted by molar-refractivity contribution is 7.90. The molecule has 0 radical (unpaired) electrons. The summed E-state index contributed by atoms with van der Waals surface area (Å²) in [5, 5.41) is 0.833. The number of para-hydroxylation sites is 1. The predicted molar refractivity (Wildman–Crippen MR) is 102 cm³/mol. The van der Waals surface area contributed by atoms with Gasteiger partial charge >= 0.3 is 5.91 Å². The van der Waals surface area contributed by atoms with Crippen molar-refractivity contribution >= 4 is 28.2 Å². The highest BCUT2D eigenvalue weighted by atomic mass is 32.2. The zero-order valence-electron chi connectivity index (χ0n) is 14.9. The highest BCUT2D eigenvalue weighted by Gasteiger charge is 2.23. The lowest BCUT2D eigenvalue weighted by Gasteiger charge is -2.12. The van der Waals surface area contributed by atoms with Crippen molar-refractivity contribution in [3.63, 3.8) is 0 Å². The lowest BCUT2D eigenvalue weighted by molar-refractivity contribution is 0.0956. The van der Waals surface area contributed by atoms with Gasteiger partial charge in [0.25, 0.3) is 0 Å². The van der Waals surface area contributed by atoms with Crippen molar-refractivity contribution in [2.45, 2.75) is 31.6 Å². The van der Waals surface area contributed by atoms with E-state index in [1.807, 2.05) is 25.1 Å². The van der Waals surface area contributed by atoms with Gasteiger partial charge in [0.05, 0.1) is 6.61 Å². The van der Waals surface area contributed by atoms with E-state index in [0.717, 1.165) is 10.9 Å². The second-order valence-electron chi connectivity index (χ2n) is 6.14. The summed E-state index contributed by atoms with van der Waals surface area (Å²) in [5.41, 5.74) is 1.77. The monoisotopic (exact) mass is 371 g/mol. The van der Waals surface area contributed by atoms with Crippen molar-refractivity contribution in [3.05, 3.63) is 59.9 Å². The molecule has 0 aliphatic heterocycles. The van der Waals surface area contributed by atoms with Gasteiger partial charge < -0.3 is 13.7 Å². The smallest absolute Gasteiger partial charge is 0.328 e. The normalized spacial score (nSPS) is 12.3. The quantitative estimate of drug-likeness (QED) is 0.652. The fourth-order valence-electron chi connectivity index (χ4n) is 2.59. The Balaban J connectivity index is 1.80. The molecule has 136 valence electrons. The Morgan fingerprint density at radius 1 is 1.23 bits per heavy atom. The second-order valence-corrected chi connectivity index (χ2v) is 7.32. The van der Waals surface area contributed by atoms with Crippen molar-refractivity contribution in [3.8, 4) is 5.75 Å². The fraction of sp³-hybridized carbons (Fsp3) is 0.250. The fourth-order valence-corrected chi connectivity index (χ4v) is 3.48. The number of carbonyl (C=O) groups excluding carboxylic acids is 1. The second kappa shape index (κ2) is 7.85. The van der Waals surface area contributed by atoms with E-state index < -0.39 is 17.3 Å². The molecule has 0 saturated carbocycles. The Morgan fingerprint density at radius 2 is 2.00 bits per heavy atom. The molecule has 0 spiro atoms. The number of ether oxygens (including phenoxy) is 1. The number of hydrogen-bond acceptors (Lipinski definition) is 4. The maximum absolute atomic E-state index is 12.5. The molecule has 0 fully saturated rings. The number of furan rings is 1. The molecular weight excluding hydrogens is 350 g/mol. The van der Waals surface area contributed by atoms with E-state index in [1.165, 1.54) is 0 Å². The molecule has 26 heavy (non-hydrogen) atoms. The number of hydrogen-bond donors (Lipinski definition) is 1. The van der Waals surface area contributed by atoms with Crippen LogP contribution in [-0.4, -0.2) is 17.1 Å². The average Bonchev–Trinajstić information content (AvgIpc) is 3.05. The van der Waals surface area contributed by atoms with Crippen molar-refractivity contribution in [2.75, 3.05) is 6.61 Å². The largest absolute Gasteiger partial charge is 0.588 e. The van der Waals surface area contributed by atoms with Crippen LogP contribution in [0.5, 0.6) is 5.75 Å². The average molecular weight is 371 g/mol. The molecule has 1 heterocycles. The van der Waals surface area contributed by atoms with Crippen LogP contribution in [0.25, 0.3) is 11.0 Å². The van der Waals surface area contributed by atoms with Crippen LogP contribution in [0.4, 0.5) is 0 Å². The van der Waals surface area contributed by atoms with E-state index in [4.69, 9.17) is 9.15 Å². The lowest BCUT2D eigenvalue weighted by Crippen LogP contribution is -2.30. The van der Waals surface area contributed by atoms with Crippen LogP contribution in [0.3, 0.4) is 0 Å². The lowest BCUT2D eigenvalue weighted by atomic mass is 10.0. The van der Waals surface area contributed by atoms with E-state index in [-0.39, 0.29) is 5.76 Å². The molecule has 0 aliphatic carbocycles. The Kier molecular flexibility index (Phi) is 5.54. The van der Waals surface area contributed by atoms with Crippen LogP contribution in [0, 0.1) is 0 Å². The van der Waals surface area contributed by atoms with Gasteiger partial charge in [0, 0.05) is 5.39 Å². The van der Waals surface area contributed by atoms with Gasteiger partial charge in [-0.2, -0.15) is 4.72 Å². The van der Waals surface area contributed by atoms with Crippen molar-refractivity contribution in [2.24, 2.45) is 0 Å². The van der Waals surface area contributed by atoms with Crippen LogP contribution >= 0.6 is 0 Å². The first-order valence-corrected chi connectivity index (χ1v) is 9.62.